The SMILES string of the molecule is COc1c(C(=O)C(=O)O)ccc(C)c1F. The number of benzene rings is 1. The van der Waals surface area contributed by atoms with Gasteiger partial charge in [0, 0.05) is 0 Å². The first-order valence-corrected chi connectivity index (χ1v) is 4.09. The van der Waals surface area contributed by atoms with Gasteiger partial charge < -0.3 is 9.84 Å². The lowest BCUT2D eigenvalue weighted by atomic mass is 10.1. The largest absolute Gasteiger partial charge is 0.493 e. The lowest BCUT2D eigenvalue weighted by Crippen LogP contribution is -2.14. The van der Waals surface area contributed by atoms with Crippen molar-refractivity contribution in [1.29, 1.82) is 0 Å². The number of aliphatic carboxylic acids is 1. The summed E-state index contributed by atoms with van der Waals surface area (Å²) in [4.78, 5) is 21.6. The summed E-state index contributed by atoms with van der Waals surface area (Å²) >= 11 is 0. The van der Waals surface area contributed by atoms with Gasteiger partial charge in [-0.25, -0.2) is 9.18 Å². The van der Waals surface area contributed by atoms with E-state index in [1.165, 1.54) is 26.2 Å². The van der Waals surface area contributed by atoms with Crippen LogP contribution in [0.5, 0.6) is 5.75 Å². The molecule has 1 aromatic rings. The number of carbonyl (C=O) groups is 2. The predicted octanol–water partition coefficient (Wildman–Crippen LogP) is 1.41. The van der Waals surface area contributed by atoms with E-state index < -0.39 is 17.6 Å². The van der Waals surface area contributed by atoms with Crippen molar-refractivity contribution in [1.82, 2.24) is 0 Å². The average Bonchev–Trinajstić information content (AvgIpc) is 2.20. The molecule has 0 bridgehead atoms. The number of carboxylic acids is 1. The summed E-state index contributed by atoms with van der Waals surface area (Å²) in [6.45, 7) is 1.49. The van der Waals surface area contributed by atoms with E-state index in [-0.39, 0.29) is 16.9 Å². The highest BCUT2D eigenvalue weighted by molar-refractivity contribution is 6.40. The van der Waals surface area contributed by atoms with E-state index in [1.54, 1.807) is 0 Å². The fourth-order valence-electron chi connectivity index (χ4n) is 1.15. The van der Waals surface area contributed by atoms with Gasteiger partial charge in [0.1, 0.15) is 0 Å². The Morgan fingerprint density at radius 1 is 1.40 bits per heavy atom. The fraction of sp³-hybridized carbons (Fsp3) is 0.200. The molecular formula is C10H9FO4. The Hall–Kier alpha value is -1.91. The number of hydrogen-bond donors (Lipinski definition) is 1. The molecule has 0 heterocycles. The van der Waals surface area contributed by atoms with Crippen molar-refractivity contribution in [2.24, 2.45) is 0 Å². The molecule has 15 heavy (non-hydrogen) atoms. The molecule has 0 fully saturated rings. The molecule has 0 aliphatic carbocycles. The molecule has 1 aromatic carbocycles. The van der Waals surface area contributed by atoms with E-state index in [4.69, 9.17) is 5.11 Å². The summed E-state index contributed by atoms with van der Waals surface area (Å²) in [6, 6.07) is 2.56. The maximum Gasteiger partial charge on any atom is 0.377 e. The summed E-state index contributed by atoms with van der Waals surface area (Å²) in [6.07, 6.45) is 0. The quantitative estimate of drug-likeness (QED) is 0.607. The molecule has 1 N–H and O–H groups in total. The summed E-state index contributed by atoms with van der Waals surface area (Å²) < 4.78 is 18.1. The number of carbonyl (C=O) groups excluding carboxylic acids is 1. The smallest absolute Gasteiger partial charge is 0.377 e. The van der Waals surface area contributed by atoms with Gasteiger partial charge in [-0.3, -0.25) is 4.79 Å². The van der Waals surface area contributed by atoms with Crippen LogP contribution in [0, 0.1) is 12.7 Å². The fourth-order valence-corrected chi connectivity index (χ4v) is 1.15. The van der Waals surface area contributed by atoms with Crippen LogP contribution in [0.4, 0.5) is 4.39 Å². The van der Waals surface area contributed by atoms with E-state index in [1.807, 2.05) is 0 Å². The normalized spacial score (nSPS) is 9.80. The summed E-state index contributed by atoms with van der Waals surface area (Å²) in [5.74, 6) is -3.88. The topological polar surface area (TPSA) is 63.6 Å². The van der Waals surface area contributed by atoms with Gasteiger partial charge in [-0.05, 0) is 18.6 Å². The highest BCUT2D eigenvalue weighted by atomic mass is 19.1. The van der Waals surface area contributed by atoms with Crippen molar-refractivity contribution in [2.75, 3.05) is 7.11 Å². The Kier molecular flexibility index (Phi) is 3.04. The van der Waals surface area contributed by atoms with Crippen LogP contribution in [0.2, 0.25) is 0 Å². The Bertz CT molecular complexity index is 426. The second-order valence-electron chi connectivity index (χ2n) is 2.91. The molecule has 5 heteroatoms. The van der Waals surface area contributed by atoms with Crippen LogP contribution < -0.4 is 4.74 Å². The molecule has 0 aliphatic heterocycles. The van der Waals surface area contributed by atoms with E-state index in [9.17, 15) is 14.0 Å². The minimum atomic E-state index is -1.64. The molecule has 0 aliphatic rings. The standard InChI is InChI=1S/C10H9FO4/c1-5-3-4-6(8(12)10(13)14)9(15-2)7(5)11/h3-4H,1-2H3,(H,13,14). The van der Waals surface area contributed by atoms with Crippen LogP contribution >= 0.6 is 0 Å². The molecule has 0 atom stereocenters. The minimum Gasteiger partial charge on any atom is -0.493 e. The van der Waals surface area contributed by atoms with Crippen molar-refractivity contribution in [3.63, 3.8) is 0 Å². The van der Waals surface area contributed by atoms with Gasteiger partial charge in [-0.1, -0.05) is 6.07 Å². The second-order valence-corrected chi connectivity index (χ2v) is 2.91. The van der Waals surface area contributed by atoms with Crippen molar-refractivity contribution >= 4 is 11.8 Å². The van der Waals surface area contributed by atoms with Gasteiger partial charge in [-0.15, -0.1) is 0 Å². The van der Waals surface area contributed by atoms with Gasteiger partial charge in [0.15, 0.2) is 11.6 Å². The summed E-state index contributed by atoms with van der Waals surface area (Å²) in [7, 11) is 1.18. The number of methoxy groups -OCH3 is 1. The van der Waals surface area contributed by atoms with Gasteiger partial charge in [0.05, 0.1) is 12.7 Å². The number of aryl methyl sites for hydroxylation is 1. The van der Waals surface area contributed by atoms with Crippen LogP contribution in [0.25, 0.3) is 0 Å². The van der Waals surface area contributed by atoms with Gasteiger partial charge >= 0.3 is 5.97 Å². The van der Waals surface area contributed by atoms with Crippen LogP contribution in [0.1, 0.15) is 15.9 Å². The van der Waals surface area contributed by atoms with Gasteiger partial charge in [0.25, 0.3) is 5.78 Å². The maximum atomic E-state index is 13.4. The first kappa shape index (κ1) is 11.2. The van der Waals surface area contributed by atoms with Crippen LogP contribution in [0.15, 0.2) is 12.1 Å². The van der Waals surface area contributed by atoms with E-state index in [0.29, 0.717) is 0 Å². The van der Waals surface area contributed by atoms with Crippen molar-refractivity contribution in [2.45, 2.75) is 6.92 Å². The Balaban J connectivity index is 3.37. The Morgan fingerprint density at radius 2 is 2.00 bits per heavy atom. The zero-order chi connectivity index (χ0) is 11.6. The molecule has 1 rings (SSSR count). The minimum absolute atomic E-state index is 0.284. The first-order valence-electron chi connectivity index (χ1n) is 4.09. The third-order valence-electron chi connectivity index (χ3n) is 1.93. The number of carboxylic acid groups (broad SMARTS) is 1. The second kappa shape index (κ2) is 4.08. The monoisotopic (exact) mass is 212 g/mol. The zero-order valence-electron chi connectivity index (χ0n) is 8.20. The highest BCUT2D eigenvalue weighted by Crippen LogP contribution is 2.25. The van der Waals surface area contributed by atoms with Crippen molar-refractivity contribution < 1.29 is 23.8 Å². The van der Waals surface area contributed by atoms with Crippen LogP contribution in [-0.4, -0.2) is 24.0 Å². The number of Topliss-reactive ketones (excluding diaryl/α,β-unsaturated/α-hetero) is 1. The number of rotatable bonds is 3. The van der Waals surface area contributed by atoms with E-state index in [2.05, 4.69) is 4.74 Å². The first-order chi connectivity index (χ1) is 6.99. The third kappa shape index (κ3) is 1.96. The molecular weight excluding hydrogens is 203 g/mol. The molecule has 0 aromatic heterocycles. The highest BCUT2D eigenvalue weighted by Gasteiger charge is 2.22. The molecule has 4 nitrogen and oxygen atoms in total. The summed E-state index contributed by atoms with van der Waals surface area (Å²) in [5.41, 5.74) is 0.00175. The number of hydrogen-bond acceptors (Lipinski definition) is 3. The lowest BCUT2D eigenvalue weighted by molar-refractivity contribution is -0.131. The van der Waals surface area contributed by atoms with Crippen LogP contribution in [-0.2, 0) is 4.79 Å². The third-order valence-corrected chi connectivity index (χ3v) is 1.93. The lowest BCUT2D eigenvalue weighted by Gasteiger charge is -2.08. The van der Waals surface area contributed by atoms with E-state index in [0.717, 1.165) is 0 Å². The Labute approximate surface area is 85.3 Å². The number of ketones is 1. The Morgan fingerprint density at radius 3 is 2.47 bits per heavy atom. The molecule has 0 saturated heterocycles. The molecule has 0 unspecified atom stereocenters. The number of halogens is 1. The van der Waals surface area contributed by atoms with E-state index >= 15 is 0 Å². The van der Waals surface area contributed by atoms with Crippen molar-refractivity contribution in [3.05, 3.63) is 29.1 Å². The summed E-state index contributed by atoms with van der Waals surface area (Å²) in [5, 5.41) is 8.49. The maximum absolute atomic E-state index is 13.4. The zero-order valence-corrected chi connectivity index (χ0v) is 8.20. The predicted molar refractivity (Wildman–Crippen MR) is 49.7 cm³/mol. The van der Waals surface area contributed by atoms with Crippen LogP contribution in [0.3, 0.4) is 0 Å². The number of ether oxygens (including phenoxy) is 1. The van der Waals surface area contributed by atoms with Gasteiger partial charge in [-0.2, -0.15) is 0 Å². The molecule has 0 amide bonds. The molecule has 0 saturated carbocycles. The molecule has 0 radical (unpaired) electrons. The molecule has 0 spiro atoms. The molecule has 80 valence electrons. The average molecular weight is 212 g/mol. The van der Waals surface area contributed by atoms with Crippen molar-refractivity contribution in [3.8, 4) is 5.75 Å². The van der Waals surface area contributed by atoms with Gasteiger partial charge in [0.2, 0.25) is 0 Å².